The Morgan fingerprint density at radius 1 is 1.47 bits per heavy atom. The SMILES string of the molecule is CCCC(CC)NC(=O)c1cc([N+](=O)[O-])ccc1Br. The Morgan fingerprint density at radius 3 is 2.68 bits per heavy atom. The van der Waals surface area contributed by atoms with Crippen molar-refractivity contribution in [3.63, 3.8) is 0 Å². The van der Waals surface area contributed by atoms with Crippen LogP contribution in [0.15, 0.2) is 22.7 Å². The van der Waals surface area contributed by atoms with Crippen molar-refractivity contribution in [3.05, 3.63) is 38.3 Å². The second-order valence-corrected chi connectivity index (χ2v) is 5.14. The zero-order valence-electron chi connectivity index (χ0n) is 11.0. The molecule has 0 aliphatic rings. The Hall–Kier alpha value is -1.43. The van der Waals surface area contributed by atoms with Gasteiger partial charge in [0.2, 0.25) is 0 Å². The Balaban J connectivity index is 2.92. The molecule has 1 atom stereocenters. The Labute approximate surface area is 120 Å². The predicted molar refractivity (Wildman–Crippen MR) is 77.2 cm³/mol. The van der Waals surface area contributed by atoms with Crippen LogP contribution in [-0.2, 0) is 0 Å². The summed E-state index contributed by atoms with van der Waals surface area (Å²) in [5, 5.41) is 13.6. The van der Waals surface area contributed by atoms with Gasteiger partial charge in [0.1, 0.15) is 0 Å². The highest BCUT2D eigenvalue weighted by Gasteiger charge is 2.17. The van der Waals surface area contributed by atoms with E-state index < -0.39 is 4.92 Å². The van der Waals surface area contributed by atoms with Crippen LogP contribution < -0.4 is 5.32 Å². The van der Waals surface area contributed by atoms with E-state index in [1.165, 1.54) is 18.2 Å². The van der Waals surface area contributed by atoms with Crippen LogP contribution in [0.4, 0.5) is 5.69 Å². The number of rotatable bonds is 6. The van der Waals surface area contributed by atoms with Crippen LogP contribution in [-0.4, -0.2) is 16.9 Å². The number of nitrogens with one attached hydrogen (secondary N) is 1. The number of carbonyl (C=O) groups excluding carboxylic acids is 1. The molecule has 1 aromatic carbocycles. The molecule has 0 aliphatic carbocycles. The molecule has 1 N–H and O–H groups in total. The highest BCUT2D eigenvalue weighted by atomic mass is 79.9. The molecule has 0 bridgehead atoms. The zero-order chi connectivity index (χ0) is 14.4. The highest BCUT2D eigenvalue weighted by Crippen LogP contribution is 2.22. The average Bonchev–Trinajstić information content (AvgIpc) is 2.38. The van der Waals surface area contributed by atoms with Crippen molar-refractivity contribution in [2.24, 2.45) is 0 Å². The van der Waals surface area contributed by atoms with Gasteiger partial charge in [-0.05, 0) is 34.8 Å². The van der Waals surface area contributed by atoms with Crippen molar-refractivity contribution in [3.8, 4) is 0 Å². The van der Waals surface area contributed by atoms with Gasteiger partial charge in [0, 0.05) is 22.6 Å². The molecule has 0 radical (unpaired) electrons. The number of hydrogen-bond donors (Lipinski definition) is 1. The monoisotopic (exact) mass is 328 g/mol. The third kappa shape index (κ3) is 4.31. The smallest absolute Gasteiger partial charge is 0.270 e. The van der Waals surface area contributed by atoms with Gasteiger partial charge in [-0.1, -0.05) is 20.3 Å². The molecule has 0 saturated heterocycles. The first-order chi connectivity index (χ1) is 8.99. The molecule has 5 nitrogen and oxygen atoms in total. The number of nitrogens with zero attached hydrogens (tertiary/aromatic N) is 1. The van der Waals surface area contributed by atoms with Gasteiger partial charge in [-0.3, -0.25) is 14.9 Å². The third-order valence-electron chi connectivity index (χ3n) is 2.87. The van der Waals surface area contributed by atoms with Crippen LogP contribution in [0.5, 0.6) is 0 Å². The van der Waals surface area contributed by atoms with Crippen molar-refractivity contribution in [1.29, 1.82) is 0 Å². The van der Waals surface area contributed by atoms with E-state index in [0.29, 0.717) is 10.0 Å². The van der Waals surface area contributed by atoms with Crippen molar-refractivity contribution in [2.75, 3.05) is 0 Å². The highest BCUT2D eigenvalue weighted by molar-refractivity contribution is 9.10. The first-order valence-electron chi connectivity index (χ1n) is 6.24. The Bertz CT molecular complexity index is 477. The molecular formula is C13H17BrN2O3. The lowest BCUT2D eigenvalue weighted by atomic mass is 10.1. The van der Waals surface area contributed by atoms with Gasteiger partial charge in [0.05, 0.1) is 10.5 Å². The molecule has 0 saturated carbocycles. The maximum Gasteiger partial charge on any atom is 0.270 e. The van der Waals surface area contributed by atoms with Crippen molar-refractivity contribution in [2.45, 2.75) is 39.2 Å². The number of benzene rings is 1. The molecule has 0 aliphatic heterocycles. The van der Waals surface area contributed by atoms with Gasteiger partial charge in [0.15, 0.2) is 0 Å². The first kappa shape index (κ1) is 15.6. The number of halogens is 1. The Kier molecular flexibility index (Phi) is 5.95. The summed E-state index contributed by atoms with van der Waals surface area (Å²) in [5.74, 6) is -0.282. The van der Waals surface area contributed by atoms with Gasteiger partial charge >= 0.3 is 0 Å². The van der Waals surface area contributed by atoms with E-state index in [0.717, 1.165) is 19.3 Å². The number of hydrogen-bond acceptors (Lipinski definition) is 3. The zero-order valence-corrected chi connectivity index (χ0v) is 12.6. The summed E-state index contributed by atoms with van der Waals surface area (Å²) >= 11 is 3.25. The van der Waals surface area contributed by atoms with Crippen LogP contribution in [0.3, 0.4) is 0 Å². The molecule has 1 amide bonds. The maximum atomic E-state index is 12.1. The van der Waals surface area contributed by atoms with Crippen LogP contribution in [0.1, 0.15) is 43.5 Å². The molecule has 104 valence electrons. The summed E-state index contributed by atoms with van der Waals surface area (Å²) < 4.78 is 0.557. The van der Waals surface area contributed by atoms with Crippen LogP contribution in [0.25, 0.3) is 0 Å². The molecule has 19 heavy (non-hydrogen) atoms. The summed E-state index contributed by atoms with van der Waals surface area (Å²) in [4.78, 5) is 22.3. The van der Waals surface area contributed by atoms with E-state index in [-0.39, 0.29) is 17.6 Å². The number of amides is 1. The molecule has 0 spiro atoms. The minimum Gasteiger partial charge on any atom is -0.349 e. The van der Waals surface area contributed by atoms with E-state index in [4.69, 9.17) is 0 Å². The molecule has 0 heterocycles. The standard InChI is InChI=1S/C13H17BrN2O3/c1-3-5-9(4-2)15-13(17)11-8-10(16(18)19)6-7-12(11)14/h6-9H,3-5H2,1-2H3,(H,15,17). The van der Waals surface area contributed by atoms with Crippen LogP contribution in [0, 0.1) is 10.1 Å². The van der Waals surface area contributed by atoms with E-state index in [2.05, 4.69) is 28.2 Å². The van der Waals surface area contributed by atoms with Gasteiger partial charge < -0.3 is 5.32 Å². The maximum absolute atomic E-state index is 12.1. The molecular weight excluding hydrogens is 312 g/mol. The fourth-order valence-corrected chi connectivity index (χ4v) is 2.22. The minimum atomic E-state index is -0.507. The first-order valence-corrected chi connectivity index (χ1v) is 7.03. The van der Waals surface area contributed by atoms with E-state index in [9.17, 15) is 14.9 Å². The van der Waals surface area contributed by atoms with Crippen molar-refractivity contribution < 1.29 is 9.72 Å². The predicted octanol–water partition coefficient (Wildman–Crippen LogP) is 3.67. The number of non-ortho nitro benzene ring substituents is 1. The molecule has 0 fully saturated rings. The van der Waals surface area contributed by atoms with Gasteiger partial charge in [0.25, 0.3) is 11.6 Å². The quantitative estimate of drug-likeness (QED) is 0.639. The lowest BCUT2D eigenvalue weighted by Gasteiger charge is -2.16. The molecule has 1 unspecified atom stereocenters. The fourth-order valence-electron chi connectivity index (χ4n) is 1.79. The minimum absolute atomic E-state index is 0.0862. The largest absolute Gasteiger partial charge is 0.349 e. The molecule has 1 aromatic rings. The van der Waals surface area contributed by atoms with Crippen LogP contribution >= 0.6 is 15.9 Å². The van der Waals surface area contributed by atoms with Crippen molar-refractivity contribution in [1.82, 2.24) is 5.32 Å². The van der Waals surface area contributed by atoms with E-state index in [1.807, 2.05) is 6.92 Å². The number of carbonyl (C=O) groups is 1. The van der Waals surface area contributed by atoms with Gasteiger partial charge in [-0.2, -0.15) is 0 Å². The van der Waals surface area contributed by atoms with E-state index >= 15 is 0 Å². The normalized spacial score (nSPS) is 11.9. The lowest BCUT2D eigenvalue weighted by molar-refractivity contribution is -0.384. The molecule has 6 heteroatoms. The number of nitro groups is 1. The average molecular weight is 329 g/mol. The van der Waals surface area contributed by atoms with Gasteiger partial charge in [-0.15, -0.1) is 0 Å². The topological polar surface area (TPSA) is 72.2 Å². The van der Waals surface area contributed by atoms with E-state index in [1.54, 1.807) is 0 Å². The summed E-state index contributed by atoms with van der Waals surface area (Å²) in [5.41, 5.74) is 0.209. The second-order valence-electron chi connectivity index (χ2n) is 4.29. The summed E-state index contributed by atoms with van der Waals surface area (Å²) in [7, 11) is 0. The fraction of sp³-hybridized carbons (Fsp3) is 0.462. The third-order valence-corrected chi connectivity index (χ3v) is 3.56. The van der Waals surface area contributed by atoms with Crippen LogP contribution in [0.2, 0.25) is 0 Å². The van der Waals surface area contributed by atoms with Crippen molar-refractivity contribution >= 4 is 27.5 Å². The summed E-state index contributed by atoms with van der Waals surface area (Å²) in [6, 6.07) is 4.28. The Morgan fingerprint density at radius 2 is 2.16 bits per heavy atom. The molecule has 1 rings (SSSR count). The summed E-state index contributed by atoms with van der Waals surface area (Å²) in [6.45, 7) is 4.06. The second kappa shape index (κ2) is 7.23. The lowest BCUT2D eigenvalue weighted by Crippen LogP contribution is -2.34. The number of nitro benzene ring substituents is 1. The van der Waals surface area contributed by atoms with Gasteiger partial charge in [-0.25, -0.2) is 0 Å². The summed E-state index contributed by atoms with van der Waals surface area (Å²) in [6.07, 6.45) is 2.72. The molecule has 0 aromatic heterocycles.